The Morgan fingerprint density at radius 3 is 2.19 bits per heavy atom. The lowest BCUT2D eigenvalue weighted by Gasteiger charge is -2.29. The fourth-order valence-corrected chi connectivity index (χ4v) is 7.64. The van der Waals surface area contributed by atoms with Crippen LogP contribution in [0.5, 0.6) is 0 Å². The van der Waals surface area contributed by atoms with Gasteiger partial charge in [0.25, 0.3) is 0 Å². The number of anilines is 1. The number of azo groups is 1. The highest BCUT2D eigenvalue weighted by atomic mass is 16.6. The summed E-state index contributed by atoms with van der Waals surface area (Å²) in [5.74, 6) is 0.0658. The third-order valence-corrected chi connectivity index (χ3v) is 11.1. The summed E-state index contributed by atoms with van der Waals surface area (Å²) in [6, 6.07) is 19.1. The zero-order valence-electron chi connectivity index (χ0n) is 35.2. The predicted molar refractivity (Wildman–Crippen MR) is 228 cm³/mol. The minimum Gasteiger partial charge on any atom is -0.444 e. The number of Topliss-reactive ketones (excluding diaryl/α,β-unsaturated/α-hetero) is 2. The van der Waals surface area contributed by atoms with Gasteiger partial charge in [0.05, 0.1) is 0 Å². The van der Waals surface area contributed by atoms with E-state index >= 15 is 0 Å². The van der Waals surface area contributed by atoms with Crippen molar-refractivity contribution >= 4 is 35.1 Å². The smallest absolute Gasteiger partial charge is 0.407 e. The van der Waals surface area contributed by atoms with Crippen molar-refractivity contribution in [2.75, 3.05) is 38.2 Å². The van der Waals surface area contributed by atoms with Crippen molar-refractivity contribution in [2.45, 2.75) is 105 Å². The second-order valence-corrected chi connectivity index (χ2v) is 16.5. The number of aliphatic imine (C=N–C) groups is 1. The average molecular weight is 792 g/mol. The van der Waals surface area contributed by atoms with E-state index in [0.717, 1.165) is 86.1 Å². The maximum absolute atomic E-state index is 13.9. The summed E-state index contributed by atoms with van der Waals surface area (Å²) in [6.45, 7) is 15.6. The lowest BCUT2D eigenvalue weighted by molar-refractivity contribution is -0.129. The van der Waals surface area contributed by atoms with Gasteiger partial charge in [-0.3, -0.25) is 14.4 Å². The minimum absolute atomic E-state index is 0.0669. The Hall–Kier alpha value is -5.10. The van der Waals surface area contributed by atoms with E-state index in [0.29, 0.717) is 43.3 Å². The number of pyridine rings is 1. The fourth-order valence-electron chi connectivity index (χ4n) is 7.64. The zero-order valence-corrected chi connectivity index (χ0v) is 35.2. The Balaban J connectivity index is 1.22. The summed E-state index contributed by atoms with van der Waals surface area (Å²) < 4.78 is 5.37. The molecule has 1 fully saturated rings. The molecular weight excluding hydrogens is 731 g/mol. The van der Waals surface area contributed by atoms with Gasteiger partial charge in [-0.05, 0) is 140 Å². The molecule has 2 heterocycles. The van der Waals surface area contributed by atoms with Gasteiger partial charge >= 0.3 is 6.09 Å². The van der Waals surface area contributed by atoms with Crippen LogP contribution in [0.4, 0.5) is 10.5 Å². The number of hydrogen-bond donors (Lipinski definition) is 2. The first kappa shape index (κ1) is 44.0. The Morgan fingerprint density at radius 2 is 1.57 bits per heavy atom. The maximum atomic E-state index is 13.9. The maximum Gasteiger partial charge on any atom is 0.407 e. The van der Waals surface area contributed by atoms with Crippen LogP contribution in [0.3, 0.4) is 0 Å². The number of ether oxygens (including phenoxy) is 1. The van der Waals surface area contributed by atoms with Crippen molar-refractivity contribution in [1.82, 2.24) is 15.2 Å². The number of unbranched alkanes of at least 4 members (excludes halogenated alkanes) is 1. The first-order chi connectivity index (χ1) is 27.8. The van der Waals surface area contributed by atoms with Crippen molar-refractivity contribution in [3.8, 4) is 11.1 Å². The van der Waals surface area contributed by atoms with Gasteiger partial charge in [0, 0.05) is 53.7 Å². The highest BCUT2D eigenvalue weighted by Crippen LogP contribution is 2.32. The largest absolute Gasteiger partial charge is 0.444 e. The second-order valence-electron chi connectivity index (χ2n) is 16.5. The molecule has 310 valence electrons. The van der Waals surface area contributed by atoms with Crippen LogP contribution in [0.15, 0.2) is 75.9 Å². The molecule has 3 aromatic rings. The molecule has 12 heteroatoms. The van der Waals surface area contributed by atoms with E-state index in [1.807, 2.05) is 88.4 Å². The van der Waals surface area contributed by atoms with Gasteiger partial charge in [-0.15, -0.1) is 5.11 Å². The van der Waals surface area contributed by atoms with Crippen LogP contribution in [0.2, 0.25) is 0 Å². The molecule has 0 saturated heterocycles. The van der Waals surface area contributed by atoms with Crippen LogP contribution in [0, 0.1) is 24.7 Å². The van der Waals surface area contributed by atoms with Crippen LogP contribution < -0.4 is 10.6 Å². The molecule has 1 aliphatic heterocycles. The highest BCUT2D eigenvalue weighted by molar-refractivity contribution is 6.01. The van der Waals surface area contributed by atoms with Gasteiger partial charge in [0.15, 0.2) is 18.3 Å². The van der Waals surface area contributed by atoms with Crippen molar-refractivity contribution in [3.63, 3.8) is 0 Å². The standard InChI is InChI=1S/C46H61N7O5/c1-7-53(8-2)26-10-9-11-41(54)40-25-24-39(31(3)50-40)34-16-12-32(13-17-34)27-37(44(56)51-38-22-20-36(21-23-38)43-48-30-49-52-43)28-42(55)35-18-14-33(15-19-35)29-47-45(57)58-46(4,5)6/h12-13,16-17,20-25,33,35,37H,7-11,14-15,18-19,26-30H2,1-6H3,(H,47,57)(H,51,56)/t33?,35?,37-/m1/s1. The van der Waals surface area contributed by atoms with Gasteiger partial charge in [-0.2, -0.15) is 5.11 Å². The number of hydrogen-bond acceptors (Lipinski definition) is 10. The first-order valence-electron chi connectivity index (χ1n) is 21.0. The summed E-state index contributed by atoms with van der Waals surface area (Å²) in [4.78, 5) is 64.2. The van der Waals surface area contributed by atoms with Gasteiger partial charge < -0.3 is 20.3 Å². The third-order valence-electron chi connectivity index (χ3n) is 11.1. The number of benzene rings is 2. The number of amides is 2. The molecule has 12 nitrogen and oxygen atoms in total. The van der Waals surface area contributed by atoms with E-state index in [1.54, 1.807) is 0 Å². The third kappa shape index (κ3) is 13.2. The van der Waals surface area contributed by atoms with E-state index in [9.17, 15) is 19.2 Å². The van der Waals surface area contributed by atoms with Gasteiger partial charge in [0.2, 0.25) is 5.91 Å². The van der Waals surface area contributed by atoms with Gasteiger partial charge in [0.1, 0.15) is 17.1 Å². The van der Waals surface area contributed by atoms with Crippen LogP contribution >= 0.6 is 0 Å². The topological polar surface area (TPSA) is 155 Å². The summed E-state index contributed by atoms with van der Waals surface area (Å²) in [5, 5.41) is 13.9. The average Bonchev–Trinajstić information content (AvgIpc) is 3.75. The molecule has 0 radical (unpaired) electrons. The van der Waals surface area contributed by atoms with Crippen LogP contribution in [-0.4, -0.2) is 77.7 Å². The van der Waals surface area contributed by atoms with Crippen LogP contribution in [-0.2, 0) is 20.7 Å². The lowest BCUT2D eigenvalue weighted by atomic mass is 9.77. The highest BCUT2D eigenvalue weighted by Gasteiger charge is 2.31. The van der Waals surface area contributed by atoms with Crippen molar-refractivity contribution < 1.29 is 23.9 Å². The second kappa shape index (κ2) is 21.1. The van der Waals surface area contributed by atoms with Crippen LogP contribution in [0.25, 0.3) is 11.1 Å². The molecule has 2 aliphatic rings. The van der Waals surface area contributed by atoms with E-state index in [1.165, 1.54) is 0 Å². The molecule has 58 heavy (non-hydrogen) atoms. The molecule has 5 rings (SSSR count). The molecule has 0 spiro atoms. The summed E-state index contributed by atoms with van der Waals surface area (Å²) in [5.41, 5.74) is 5.02. The van der Waals surface area contributed by atoms with Crippen molar-refractivity contribution in [1.29, 1.82) is 0 Å². The molecule has 0 unspecified atom stereocenters. The molecule has 1 aliphatic carbocycles. The number of rotatable bonds is 19. The van der Waals surface area contributed by atoms with E-state index in [2.05, 4.69) is 49.6 Å². The molecule has 1 saturated carbocycles. The van der Waals surface area contributed by atoms with Gasteiger partial charge in [-0.1, -0.05) is 44.2 Å². The van der Waals surface area contributed by atoms with Crippen molar-refractivity contribution in [2.24, 2.45) is 33.0 Å². The normalized spacial score (nSPS) is 17.1. The Morgan fingerprint density at radius 1 is 0.879 bits per heavy atom. The number of aromatic nitrogens is 1. The molecule has 0 bridgehead atoms. The molecular formula is C46H61N7O5. The summed E-state index contributed by atoms with van der Waals surface area (Å²) in [6.07, 6.45) is 5.50. The van der Waals surface area contributed by atoms with Crippen LogP contribution in [0.1, 0.15) is 113 Å². The number of nitrogens with zero attached hydrogens (tertiary/aromatic N) is 5. The predicted octanol–water partition coefficient (Wildman–Crippen LogP) is 9.01. The van der Waals surface area contributed by atoms with E-state index in [-0.39, 0.29) is 35.7 Å². The number of aryl methyl sites for hydroxylation is 1. The SMILES string of the molecule is CCN(CC)CCCCC(=O)c1ccc(-c2ccc(C[C@H](CC(=O)C3CCC(CNC(=O)OC(C)(C)C)CC3)C(=O)Nc3ccc(C4=NCN=N4)cc3)cc2)c(C)n1. The Labute approximate surface area is 343 Å². The summed E-state index contributed by atoms with van der Waals surface area (Å²) in [7, 11) is 0. The number of alkyl carbamates (subject to hydrolysis) is 1. The fraction of sp³-hybridized carbons (Fsp3) is 0.522. The molecule has 2 aromatic carbocycles. The monoisotopic (exact) mass is 791 g/mol. The number of carbonyl (C=O) groups excluding carboxylic acids is 4. The van der Waals surface area contributed by atoms with E-state index < -0.39 is 17.6 Å². The number of ketones is 2. The molecule has 2 N–H and O–H groups in total. The Bertz CT molecular complexity index is 1920. The number of amidine groups is 1. The Kier molecular flexibility index (Phi) is 16.0. The quantitative estimate of drug-likeness (QED) is 0.0907. The number of carbonyl (C=O) groups is 4. The number of nitrogens with one attached hydrogen (secondary N) is 2. The molecule has 2 amide bonds. The molecule has 1 aromatic heterocycles. The van der Waals surface area contributed by atoms with Crippen molar-refractivity contribution in [3.05, 3.63) is 83.2 Å². The first-order valence-corrected chi connectivity index (χ1v) is 21.0. The summed E-state index contributed by atoms with van der Waals surface area (Å²) >= 11 is 0. The zero-order chi connectivity index (χ0) is 41.7. The lowest BCUT2D eigenvalue weighted by Crippen LogP contribution is -2.37. The van der Waals surface area contributed by atoms with E-state index in [4.69, 9.17) is 4.74 Å². The minimum atomic E-state index is -0.585. The molecule has 1 atom stereocenters. The van der Waals surface area contributed by atoms with Gasteiger partial charge in [-0.25, -0.2) is 14.8 Å².